The summed E-state index contributed by atoms with van der Waals surface area (Å²) in [6.07, 6.45) is 0. The van der Waals surface area contributed by atoms with Gasteiger partial charge in [0, 0.05) is 18.3 Å². The molecule has 0 N–H and O–H groups in total. The van der Waals surface area contributed by atoms with Crippen LogP contribution in [-0.4, -0.2) is 48.5 Å². The van der Waals surface area contributed by atoms with Crippen LogP contribution in [-0.2, 0) is 0 Å². The molecular weight excluding hydrogens is 424 g/mol. The van der Waals surface area contributed by atoms with Crippen molar-refractivity contribution in [2.75, 3.05) is 45.3 Å². The molecule has 0 bridgehead atoms. The second-order valence-corrected chi connectivity index (χ2v) is 14.3. The van der Waals surface area contributed by atoms with Crippen molar-refractivity contribution in [3.8, 4) is 11.5 Å². The molecule has 4 nitrogen and oxygen atoms in total. The highest BCUT2D eigenvalue weighted by molar-refractivity contribution is 7.02. The summed E-state index contributed by atoms with van der Waals surface area (Å²) in [5.74, 6) is 2.16. The Labute approximate surface area is 196 Å². The van der Waals surface area contributed by atoms with Crippen LogP contribution in [0.4, 0.5) is 5.69 Å². The third kappa shape index (κ3) is 2.85. The summed E-state index contributed by atoms with van der Waals surface area (Å²) >= 11 is 0. The SMILES string of the molecule is Cc1ccccc1C1=c2ccc3c(c2[Si](C)(C)c2c1ccc1c2OCCN1C)OCC[N+]=3C. The Morgan fingerprint density at radius 3 is 2.48 bits per heavy atom. The van der Waals surface area contributed by atoms with E-state index in [1.807, 2.05) is 0 Å². The largest absolute Gasteiger partial charge is 0.490 e. The number of rotatable bonds is 1. The fourth-order valence-electron chi connectivity index (χ4n) is 5.92. The van der Waals surface area contributed by atoms with Gasteiger partial charge in [-0.05, 0) is 51.7 Å². The van der Waals surface area contributed by atoms with Crippen LogP contribution in [0.15, 0.2) is 48.5 Å². The maximum Gasteiger partial charge on any atom is 0.242 e. The Balaban J connectivity index is 1.83. The van der Waals surface area contributed by atoms with E-state index in [4.69, 9.17) is 9.47 Å². The normalized spacial score (nSPS) is 17.9. The number of hydrogen-bond donors (Lipinski definition) is 0. The first-order chi connectivity index (χ1) is 15.9. The molecular formula is C28H31N2O2Si+. The standard InChI is InChI=1S/C28H31N2O2Si/c1-18-8-6-7-9-19(18)24-20-10-12-22-25(31-16-14-29(22)2)27(20)33(4,5)28-21(24)11-13-23-26(28)32-17-15-30(23)3/h6-13H,14-17H2,1-5H3/q+1. The molecule has 0 aliphatic carbocycles. The van der Waals surface area contributed by atoms with Crippen molar-refractivity contribution in [3.63, 3.8) is 0 Å². The lowest BCUT2D eigenvalue weighted by atomic mass is 9.91. The zero-order chi connectivity index (χ0) is 22.9. The van der Waals surface area contributed by atoms with Crippen LogP contribution >= 0.6 is 0 Å². The zero-order valence-electron chi connectivity index (χ0n) is 20.2. The molecule has 0 atom stereocenters. The summed E-state index contributed by atoms with van der Waals surface area (Å²) < 4.78 is 15.2. The molecule has 0 spiro atoms. The highest BCUT2D eigenvalue weighted by Crippen LogP contribution is 2.37. The van der Waals surface area contributed by atoms with Crippen LogP contribution < -0.4 is 39.9 Å². The molecule has 0 radical (unpaired) electrons. The molecule has 3 heterocycles. The summed E-state index contributed by atoms with van der Waals surface area (Å²) in [5, 5.41) is 5.34. The maximum atomic E-state index is 6.45. The van der Waals surface area contributed by atoms with Crippen LogP contribution in [0.25, 0.3) is 5.57 Å². The van der Waals surface area contributed by atoms with Gasteiger partial charge in [0.2, 0.25) is 5.36 Å². The third-order valence-corrected chi connectivity index (χ3v) is 11.1. The Morgan fingerprint density at radius 1 is 0.879 bits per heavy atom. The Hall–Kier alpha value is -3.05. The Morgan fingerprint density at radius 2 is 1.67 bits per heavy atom. The topological polar surface area (TPSA) is 24.7 Å². The summed E-state index contributed by atoms with van der Waals surface area (Å²) in [4.78, 5) is 2.33. The number of nitrogens with zero attached hydrogens (tertiary/aromatic N) is 2. The lowest BCUT2D eigenvalue weighted by Gasteiger charge is -2.39. The molecule has 3 aromatic rings. The molecule has 6 rings (SSSR count). The lowest BCUT2D eigenvalue weighted by Crippen LogP contribution is -2.65. The van der Waals surface area contributed by atoms with Gasteiger partial charge in [0.05, 0.1) is 12.2 Å². The number of hydrogen-bond acceptors (Lipinski definition) is 3. The second kappa shape index (κ2) is 7.22. The smallest absolute Gasteiger partial charge is 0.242 e. The summed E-state index contributed by atoms with van der Waals surface area (Å²) in [6, 6.07) is 17.9. The number of likely N-dealkylation sites (N-methyl/N-ethyl adjacent to an activating group) is 2. The first-order valence-electron chi connectivity index (χ1n) is 11.9. The number of ether oxygens (including phenoxy) is 2. The van der Waals surface area contributed by atoms with E-state index >= 15 is 0 Å². The van der Waals surface area contributed by atoms with E-state index in [-0.39, 0.29) is 0 Å². The molecule has 33 heavy (non-hydrogen) atoms. The van der Waals surface area contributed by atoms with Gasteiger partial charge < -0.3 is 14.4 Å². The van der Waals surface area contributed by atoms with E-state index in [1.54, 1.807) is 0 Å². The van der Waals surface area contributed by atoms with Crippen molar-refractivity contribution >= 4 is 29.7 Å². The Kier molecular flexibility index (Phi) is 4.50. The van der Waals surface area contributed by atoms with Gasteiger partial charge in [0.1, 0.15) is 34.1 Å². The number of aryl methyl sites for hydroxylation is 1. The maximum absolute atomic E-state index is 6.45. The minimum atomic E-state index is -2.17. The molecule has 3 aromatic carbocycles. The Bertz CT molecular complexity index is 1440. The van der Waals surface area contributed by atoms with Crippen molar-refractivity contribution in [1.29, 1.82) is 0 Å². The summed E-state index contributed by atoms with van der Waals surface area (Å²) in [7, 11) is 2.18. The van der Waals surface area contributed by atoms with Crippen molar-refractivity contribution in [2.45, 2.75) is 20.0 Å². The van der Waals surface area contributed by atoms with E-state index < -0.39 is 8.07 Å². The highest BCUT2D eigenvalue weighted by atomic mass is 28.3. The van der Waals surface area contributed by atoms with Crippen molar-refractivity contribution < 1.29 is 9.47 Å². The van der Waals surface area contributed by atoms with Gasteiger partial charge in [-0.1, -0.05) is 43.4 Å². The van der Waals surface area contributed by atoms with Crippen molar-refractivity contribution in [1.82, 2.24) is 4.58 Å². The molecule has 0 fully saturated rings. The lowest BCUT2D eigenvalue weighted by molar-refractivity contribution is 0.283. The average molecular weight is 456 g/mol. The van der Waals surface area contributed by atoms with Gasteiger partial charge in [-0.15, -0.1) is 0 Å². The van der Waals surface area contributed by atoms with Crippen LogP contribution in [0.1, 0.15) is 16.7 Å². The molecule has 3 aliphatic rings. The first-order valence-corrected chi connectivity index (χ1v) is 14.9. The minimum Gasteiger partial charge on any atom is -0.490 e. The van der Waals surface area contributed by atoms with E-state index in [1.165, 1.54) is 48.9 Å². The number of benzene rings is 3. The number of fused-ring (bicyclic) bond motifs is 6. The van der Waals surface area contributed by atoms with Crippen LogP contribution in [0.5, 0.6) is 11.5 Å². The molecule has 0 saturated carbocycles. The van der Waals surface area contributed by atoms with E-state index in [0.717, 1.165) is 37.8 Å². The minimum absolute atomic E-state index is 0.725. The zero-order valence-corrected chi connectivity index (χ0v) is 21.2. The fourth-order valence-corrected chi connectivity index (χ4v) is 9.47. The third-order valence-electron chi connectivity index (χ3n) is 7.65. The first kappa shape index (κ1) is 20.5. The summed E-state index contributed by atoms with van der Waals surface area (Å²) in [5.41, 5.74) is 6.42. The van der Waals surface area contributed by atoms with E-state index in [2.05, 4.69) is 92.1 Å². The van der Waals surface area contributed by atoms with Gasteiger partial charge in [0.25, 0.3) is 0 Å². The predicted molar refractivity (Wildman–Crippen MR) is 138 cm³/mol. The quantitative estimate of drug-likeness (QED) is 0.413. The average Bonchev–Trinajstić information content (AvgIpc) is 2.80. The van der Waals surface area contributed by atoms with Gasteiger partial charge >= 0.3 is 0 Å². The van der Waals surface area contributed by atoms with Gasteiger partial charge in [-0.3, -0.25) is 0 Å². The predicted octanol–water partition coefficient (Wildman–Crippen LogP) is 1.72. The van der Waals surface area contributed by atoms with Crippen molar-refractivity contribution in [2.24, 2.45) is 0 Å². The monoisotopic (exact) mass is 455 g/mol. The fraction of sp³-hybridized carbons (Fsp3) is 0.321. The van der Waals surface area contributed by atoms with Crippen molar-refractivity contribution in [3.05, 3.63) is 75.8 Å². The summed E-state index contributed by atoms with van der Waals surface area (Å²) in [6.45, 7) is 10.4. The van der Waals surface area contributed by atoms with Crippen LogP contribution in [0.3, 0.4) is 0 Å². The molecule has 0 aromatic heterocycles. The molecule has 0 unspecified atom stereocenters. The molecule has 0 saturated heterocycles. The second-order valence-electron chi connectivity index (χ2n) is 10.0. The molecule has 3 aliphatic heterocycles. The van der Waals surface area contributed by atoms with Gasteiger partial charge in [-0.25, -0.2) is 4.58 Å². The van der Waals surface area contributed by atoms with Gasteiger partial charge in [0.15, 0.2) is 12.3 Å². The molecule has 168 valence electrons. The molecule has 0 amide bonds. The molecule has 5 heteroatoms. The number of anilines is 1. The van der Waals surface area contributed by atoms with Crippen LogP contribution in [0.2, 0.25) is 13.1 Å². The van der Waals surface area contributed by atoms with E-state index in [9.17, 15) is 0 Å². The van der Waals surface area contributed by atoms with Gasteiger partial charge in [-0.2, -0.15) is 0 Å². The highest BCUT2D eigenvalue weighted by Gasteiger charge is 2.43. The van der Waals surface area contributed by atoms with E-state index in [0.29, 0.717) is 0 Å². The van der Waals surface area contributed by atoms with Crippen LogP contribution in [0, 0.1) is 6.92 Å².